The van der Waals surface area contributed by atoms with Crippen molar-refractivity contribution < 1.29 is 4.74 Å². The minimum absolute atomic E-state index is 0.326. The van der Waals surface area contributed by atoms with Gasteiger partial charge in [-0.25, -0.2) is 0 Å². The van der Waals surface area contributed by atoms with Gasteiger partial charge in [0.25, 0.3) is 0 Å². The Morgan fingerprint density at radius 3 is 3.00 bits per heavy atom. The number of nitrogen functional groups attached to an aromatic ring is 1. The number of hydrogen-bond donors (Lipinski definition) is 1. The molecule has 1 aromatic heterocycles. The molecule has 0 amide bonds. The van der Waals surface area contributed by atoms with Gasteiger partial charge in [0, 0.05) is 19.0 Å². The van der Waals surface area contributed by atoms with Gasteiger partial charge in [-0.3, -0.25) is 4.68 Å². The number of fused-ring (bicyclic) bond motifs is 1. The van der Waals surface area contributed by atoms with Crippen LogP contribution >= 0.6 is 0 Å². The molecule has 4 heteroatoms. The van der Waals surface area contributed by atoms with Gasteiger partial charge in [-0.2, -0.15) is 5.10 Å². The van der Waals surface area contributed by atoms with Gasteiger partial charge in [-0.05, 0) is 18.8 Å². The average Bonchev–Trinajstić information content (AvgIpc) is 2.90. The van der Waals surface area contributed by atoms with Crippen LogP contribution in [0.1, 0.15) is 18.5 Å². The lowest BCUT2D eigenvalue weighted by molar-refractivity contribution is 0.0208. The second kappa shape index (κ2) is 4.61. The summed E-state index contributed by atoms with van der Waals surface area (Å²) in [6.07, 6.45) is 11.5. The van der Waals surface area contributed by atoms with Crippen molar-refractivity contribution >= 4 is 5.82 Å². The molecule has 0 radical (unpaired) electrons. The average molecular weight is 245 g/mol. The van der Waals surface area contributed by atoms with Crippen molar-refractivity contribution in [2.24, 2.45) is 18.9 Å². The van der Waals surface area contributed by atoms with E-state index in [0.717, 1.165) is 12.1 Å². The lowest BCUT2D eigenvalue weighted by atomic mass is 9.91. The summed E-state index contributed by atoms with van der Waals surface area (Å²) in [4.78, 5) is 0. The van der Waals surface area contributed by atoms with Gasteiger partial charge < -0.3 is 10.5 Å². The molecule has 18 heavy (non-hydrogen) atoms. The number of aromatic nitrogens is 2. The van der Waals surface area contributed by atoms with Crippen LogP contribution < -0.4 is 5.73 Å². The molecule has 96 valence electrons. The van der Waals surface area contributed by atoms with Crippen molar-refractivity contribution in [3.8, 4) is 0 Å². The molecule has 2 N–H and O–H groups in total. The second-order valence-electron chi connectivity index (χ2n) is 5.12. The van der Waals surface area contributed by atoms with Crippen LogP contribution in [0.2, 0.25) is 0 Å². The largest absolute Gasteiger partial charge is 0.382 e. The van der Waals surface area contributed by atoms with E-state index in [1.165, 1.54) is 6.42 Å². The maximum Gasteiger partial charge on any atom is 0.145 e. The zero-order valence-corrected chi connectivity index (χ0v) is 10.6. The van der Waals surface area contributed by atoms with E-state index in [1.54, 1.807) is 4.68 Å². The van der Waals surface area contributed by atoms with E-state index >= 15 is 0 Å². The molecule has 0 spiro atoms. The minimum atomic E-state index is 0.326. The Kier molecular flexibility index (Phi) is 2.96. The number of ether oxygens (including phenoxy) is 1. The molecule has 1 fully saturated rings. The maximum atomic E-state index is 6.05. The first-order valence-corrected chi connectivity index (χ1v) is 6.49. The predicted molar refractivity (Wildman–Crippen MR) is 70.7 cm³/mol. The van der Waals surface area contributed by atoms with Crippen molar-refractivity contribution in [1.82, 2.24) is 9.78 Å². The van der Waals surface area contributed by atoms with E-state index in [-0.39, 0.29) is 0 Å². The number of rotatable bonds is 3. The number of anilines is 1. The summed E-state index contributed by atoms with van der Waals surface area (Å²) in [6.45, 7) is 0.589. The molecule has 0 bridgehead atoms. The fraction of sp³-hybridized carbons (Fsp3) is 0.500. The molecule has 2 aliphatic rings. The van der Waals surface area contributed by atoms with Crippen LogP contribution in [-0.2, 0) is 18.4 Å². The molecular weight excluding hydrogens is 226 g/mol. The lowest BCUT2D eigenvalue weighted by Crippen LogP contribution is -2.21. The van der Waals surface area contributed by atoms with Crippen LogP contribution in [0.4, 0.5) is 5.82 Å². The summed E-state index contributed by atoms with van der Waals surface area (Å²) >= 11 is 0. The van der Waals surface area contributed by atoms with Crippen molar-refractivity contribution in [1.29, 1.82) is 0 Å². The highest BCUT2D eigenvalue weighted by molar-refractivity contribution is 5.29. The summed E-state index contributed by atoms with van der Waals surface area (Å²) in [5.74, 6) is 1.76. The predicted octanol–water partition coefficient (Wildman–Crippen LogP) is 2.04. The van der Waals surface area contributed by atoms with E-state index in [2.05, 4.69) is 29.4 Å². The van der Waals surface area contributed by atoms with Crippen LogP contribution in [0.5, 0.6) is 0 Å². The molecule has 3 atom stereocenters. The topological polar surface area (TPSA) is 53.1 Å². The van der Waals surface area contributed by atoms with Gasteiger partial charge in [0.2, 0.25) is 0 Å². The normalized spacial score (nSPS) is 29.7. The van der Waals surface area contributed by atoms with Crippen LogP contribution in [-0.4, -0.2) is 15.9 Å². The third-order valence-electron chi connectivity index (χ3n) is 3.95. The van der Waals surface area contributed by atoms with Crippen LogP contribution in [0.25, 0.3) is 0 Å². The van der Waals surface area contributed by atoms with E-state index in [1.807, 2.05) is 13.1 Å². The summed E-state index contributed by atoms with van der Waals surface area (Å²) in [7, 11) is 1.90. The Balaban J connectivity index is 1.62. The first-order valence-electron chi connectivity index (χ1n) is 6.49. The molecule has 1 saturated carbocycles. The minimum Gasteiger partial charge on any atom is -0.382 e. The van der Waals surface area contributed by atoms with Crippen LogP contribution in [0, 0.1) is 11.8 Å². The number of hydrogen-bond acceptors (Lipinski definition) is 3. The molecule has 0 unspecified atom stereocenters. The fourth-order valence-electron chi connectivity index (χ4n) is 2.96. The molecule has 0 aliphatic heterocycles. The highest BCUT2D eigenvalue weighted by Crippen LogP contribution is 2.38. The Bertz CT molecular complexity index is 489. The Morgan fingerprint density at radius 2 is 2.22 bits per heavy atom. The summed E-state index contributed by atoms with van der Waals surface area (Å²) in [5.41, 5.74) is 6.70. The lowest BCUT2D eigenvalue weighted by Gasteiger charge is -2.22. The van der Waals surface area contributed by atoms with Crippen molar-refractivity contribution in [3.63, 3.8) is 0 Å². The van der Waals surface area contributed by atoms with Gasteiger partial charge >= 0.3 is 0 Å². The highest BCUT2D eigenvalue weighted by Gasteiger charge is 2.34. The molecule has 1 aromatic rings. The van der Waals surface area contributed by atoms with Gasteiger partial charge in [-0.15, -0.1) is 0 Å². The van der Waals surface area contributed by atoms with E-state index in [9.17, 15) is 0 Å². The van der Waals surface area contributed by atoms with Crippen molar-refractivity contribution in [3.05, 3.63) is 36.1 Å². The quantitative estimate of drug-likeness (QED) is 0.886. The van der Waals surface area contributed by atoms with Crippen molar-refractivity contribution in [2.45, 2.75) is 25.6 Å². The molecular formula is C14H19N3O. The summed E-state index contributed by atoms with van der Waals surface area (Å²) in [6, 6.07) is 1.88. The van der Waals surface area contributed by atoms with Crippen molar-refractivity contribution in [2.75, 3.05) is 5.73 Å². The molecule has 0 aromatic carbocycles. The third kappa shape index (κ3) is 2.08. The number of nitrogens with zero attached hydrogens (tertiary/aromatic N) is 2. The molecule has 3 rings (SSSR count). The second-order valence-corrected chi connectivity index (χ2v) is 5.12. The SMILES string of the molecule is Cn1nc(N)cc1CO[C@@H]1CC[C@H]2C=CC=C[C@@H]21. The van der Waals surface area contributed by atoms with Gasteiger partial charge in [-0.1, -0.05) is 24.3 Å². The Labute approximate surface area is 107 Å². The molecule has 4 nitrogen and oxygen atoms in total. The molecule has 2 aliphatic carbocycles. The third-order valence-corrected chi connectivity index (χ3v) is 3.95. The monoisotopic (exact) mass is 245 g/mol. The van der Waals surface area contributed by atoms with Gasteiger partial charge in [0.15, 0.2) is 0 Å². The molecule has 0 saturated heterocycles. The Hall–Kier alpha value is -1.55. The van der Waals surface area contributed by atoms with Crippen LogP contribution in [0.15, 0.2) is 30.4 Å². The zero-order valence-electron chi connectivity index (χ0n) is 10.6. The maximum absolute atomic E-state index is 6.05. The standard InChI is InChI=1S/C14H19N3O/c1-17-11(8-14(15)16-17)9-18-13-7-6-10-4-2-3-5-12(10)13/h2-5,8,10,12-13H,6-7,9H2,1H3,(H2,15,16)/t10-,12+,13-/m1/s1. The smallest absolute Gasteiger partial charge is 0.145 e. The fourth-order valence-corrected chi connectivity index (χ4v) is 2.96. The first kappa shape index (κ1) is 11.5. The van der Waals surface area contributed by atoms with E-state index in [0.29, 0.717) is 30.4 Å². The first-order chi connectivity index (χ1) is 8.74. The van der Waals surface area contributed by atoms with Gasteiger partial charge in [0.1, 0.15) is 5.82 Å². The summed E-state index contributed by atoms with van der Waals surface area (Å²) in [5, 5.41) is 4.13. The van der Waals surface area contributed by atoms with E-state index in [4.69, 9.17) is 10.5 Å². The number of aryl methyl sites for hydroxylation is 1. The summed E-state index contributed by atoms with van der Waals surface area (Å²) < 4.78 is 7.84. The van der Waals surface area contributed by atoms with E-state index < -0.39 is 0 Å². The zero-order chi connectivity index (χ0) is 12.5. The Morgan fingerprint density at radius 1 is 1.39 bits per heavy atom. The molecule has 1 heterocycles. The highest BCUT2D eigenvalue weighted by atomic mass is 16.5. The van der Waals surface area contributed by atoms with Crippen LogP contribution in [0.3, 0.4) is 0 Å². The number of allylic oxidation sites excluding steroid dienone is 3. The van der Waals surface area contributed by atoms with Gasteiger partial charge in [0.05, 0.1) is 18.4 Å². The number of nitrogens with two attached hydrogens (primary N) is 1.